The van der Waals surface area contributed by atoms with E-state index in [9.17, 15) is 9.59 Å². The zero-order valence-corrected chi connectivity index (χ0v) is 9.86. The van der Waals surface area contributed by atoms with Gasteiger partial charge in [-0.1, -0.05) is 6.07 Å². The lowest BCUT2D eigenvalue weighted by Gasteiger charge is -2.07. The fourth-order valence-electron chi connectivity index (χ4n) is 1.22. The molecule has 1 aromatic carbocycles. The summed E-state index contributed by atoms with van der Waals surface area (Å²) in [7, 11) is 1.33. The summed E-state index contributed by atoms with van der Waals surface area (Å²) in [6.45, 7) is 1.68. The Morgan fingerprint density at radius 3 is 2.76 bits per heavy atom. The van der Waals surface area contributed by atoms with E-state index in [1.165, 1.54) is 14.0 Å². The lowest BCUT2D eigenvalue weighted by molar-refractivity contribution is -0.141. The number of rotatable bonds is 5. The maximum absolute atomic E-state index is 10.9. The molecule has 92 valence electrons. The Hall–Kier alpha value is -2.04. The van der Waals surface area contributed by atoms with Gasteiger partial charge in [-0.15, -0.1) is 0 Å². The zero-order valence-electron chi connectivity index (χ0n) is 9.86. The van der Waals surface area contributed by atoms with Crippen LogP contribution in [0.3, 0.4) is 0 Å². The molecule has 0 spiro atoms. The predicted molar refractivity (Wildman–Crippen MR) is 62.9 cm³/mol. The second kappa shape index (κ2) is 6.52. The largest absolute Gasteiger partial charge is 0.493 e. The van der Waals surface area contributed by atoms with E-state index in [0.29, 0.717) is 11.4 Å². The van der Waals surface area contributed by atoms with Gasteiger partial charge in [0.1, 0.15) is 5.75 Å². The fourth-order valence-corrected chi connectivity index (χ4v) is 1.22. The third-order valence-corrected chi connectivity index (χ3v) is 1.96. The SMILES string of the molecule is COC(=O)CCOc1cccc(NC(C)=O)c1. The second-order valence-corrected chi connectivity index (χ2v) is 3.38. The van der Waals surface area contributed by atoms with Crippen LogP contribution in [0.4, 0.5) is 5.69 Å². The Kier molecular flexibility index (Phi) is 5.00. The molecule has 1 aromatic rings. The van der Waals surface area contributed by atoms with E-state index in [4.69, 9.17) is 4.74 Å². The number of ether oxygens (including phenoxy) is 2. The molecule has 0 unspecified atom stereocenters. The maximum atomic E-state index is 10.9. The summed E-state index contributed by atoms with van der Waals surface area (Å²) >= 11 is 0. The monoisotopic (exact) mass is 237 g/mol. The Morgan fingerprint density at radius 1 is 1.35 bits per heavy atom. The third kappa shape index (κ3) is 5.01. The molecule has 0 heterocycles. The van der Waals surface area contributed by atoms with Crippen molar-refractivity contribution in [1.82, 2.24) is 0 Å². The molecule has 0 aliphatic rings. The number of carbonyl (C=O) groups excluding carboxylic acids is 2. The van der Waals surface area contributed by atoms with Gasteiger partial charge < -0.3 is 14.8 Å². The highest BCUT2D eigenvalue weighted by Gasteiger charge is 2.02. The minimum atomic E-state index is -0.317. The van der Waals surface area contributed by atoms with Crippen molar-refractivity contribution in [3.8, 4) is 5.75 Å². The van der Waals surface area contributed by atoms with Gasteiger partial charge in [0.15, 0.2) is 0 Å². The summed E-state index contributed by atoms with van der Waals surface area (Å²) < 4.78 is 9.84. The highest BCUT2D eigenvalue weighted by atomic mass is 16.5. The number of nitrogens with one attached hydrogen (secondary N) is 1. The predicted octanol–water partition coefficient (Wildman–Crippen LogP) is 1.59. The van der Waals surface area contributed by atoms with Gasteiger partial charge in [0.2, 0.25) is 5.91 Å². The van der Waals surface area contributed by atoms with Crippen molar-refractivity contribution in [1.29, 1.82) is 0 Å². The minimum absolute atomic E-state index is 0.142. The van der Waals surface area contributed by atoms with E-state index in [0.717, 1.165) is 0 Å². The number of hydrogen-bond acceptors (Lipinski definition) is 4. The average molecular weight is 237 g/mol. The van der Waals surface area contributed by atoms with Gasteiger partial charge in [-0.2, -0.15) is 0 Å². The molecule has 5 heteroatoms. The van der Waals surface area contributed by atoms with Crippen molar-refractivity contribution in [2.24, 2.45) is 0 Å². The molecule has 0 aromatic heterocycles. The number of methoxy groups -OCH3 is 1. The van der Waals surface area contributed by atoms with E-state index in [1.54, 1.807) is 24.3 Å². The van der Waals surface area contributed by atoms with Gasteiger partial charge >= 0.3 is 5.97 Å². The molecule has 0 bridgehead atoms. The van der Waals surface area contributed by atoms with Crippen molar-refractivity contribution < 1.29 is 19.1 Å². The summed E-state index contributed by atoms with van der Waals surface area (Å²) in [5.41, 5.74) is 0.660. The fraction of sp³-hybridized carbons (Fsp3) is 0.333. The Bertz CT molecular complexity index is 403. The number of anilines is 1. The first-order valence-corrected chi connectivity index (χ1v) is 5.19. The number of amides is 1. The summed E-state index contributed by atoms with van der Waals surface area (Å²) in [4.78, 5) is 21.7. The molecule has 0 atom stereocenters. The molecule has 0 fully saturated rings. The van der Waals surface area contributed by atoms with Crippen LogP contribution in [0.25, 0.3) is 0 Å². The van der Waals surface area contributed by atoms with E-state index in [-0.39, 0.29) is 24.9 Å². The Morgan fingerprint density at radius 2 is 2.12 bits per heavy atom. The van der Waals surface area contributed by atoms with Crippen LogP contribution in [-0.2, 0) is 14.3 Å². The van der Waals surface area contributed by atoms with Gasteiger partial charge in [0.05, 0.1) is 20.1 Å². The van der Waals surface area contributed by atoms with Crippen LogP contribution in [0.2, 0.25) is 0 Å². The standard InChI is InChI=1S/C12H15NO4/c1-9(14)13-10-4-3-5-11(8-10)17-7-6-12(15)16-2/h3-5,8H,6-7H2,1-2H3,(H,13,14). The number of hydrogen-bond donors (Lipinski definition) is 1. The van der Waals surface area contributed by atoms with Gasteiger partial charge in [0.25, 0.3) is 0 Å². The number of esters is 1. The highest BCUT2D eigenvalue weighted by molar-refractivity contribution is 5.88. The molecule has 0 aliphatic heterocycles. The van der Waals surface area contributed by atoms with E-state index in [1.807, 2.05) is 0 Å². The van der Waals surface area contributed by atoms with Crippen LogP contribution in [-0.4, -0.2) is 25.6 Å². The van der Waals surface area contributed by atoms with Crippen LogP contribution in [0, 0.1) is 0 Å². The van der Waals surface area contributed by atoms with E-state index >= 15 is 0 Å². The number of benzene rings is 1. The second-order valence-electron chi connectivity index (χ2n) is 3.38. The number of carbonyl (C=O) groups is 2. The van der Waals surface area contributed by atoms with E-state index in [2.05, 4.69) is 10.1 Å². The molecule has 1 rings (SSSR count). The maximum Gasteiger partial charge on any atom is 0.308 e. The lowest BCUT2D eigenvalue weighted by Crippen LogP contribution is -2.08. The van der Waals surface area contributed by atoms with E-state index < -0.39 is 0 Å². The van der Waals surface area contributed by atoms with Crippen LogP contribution in [0.15, 0.2) is 24.3 Å². The summed E-state index contributed by atoms with van der Waals surface area (Å²) in [6, 6.07) is 6.97. The first-order chi connectivity index (χ1) is 8.11. The van der Waals surface area contributed by atoms with Gasteiger partial charge in [-0.3, -0.25) is 9.59 Å². The highest BCUT2D eigenvalue weighted by Crippen LogP contribution is 2.17. The van der Waals surface area contributed by atoms with Crippen LogP contribution in [0.1, 0.15) is 13.3 Å². The van der Waals surface area contributed by atoms with Gasteiger partial charge in [-0.25, -0.2) is 0 Å². The van der Waals surface area contributed by atoms with Gasteiger partial charge in [0, 0.05) is 18.7 Å². The van der Waals surface area contributed by atoms with Gasteiger partial charge in [-0.05, 0) is 12.1 Å². The van der Waals surface area contributed by atoms with Crippen LogP contribution >= 0.6 is 0 Å². The minimum Gasteiger partial charge on any atom is -0.493 e. The van der Waals surface area contributed by atoms with Crippen molar-refractivity contribution in [2.45, 2.75) is 13.3 Å². The molecule has 0 saturated heterocycles. The molecule has 1 N–H and O–H groups in total. The molecule has 0 aliphatic carbocycles. The lowest BCUT2D eigenvalue weighted by atomic mass is 10.3. The van der Waals surface area contributed by atoms with Crippen LogP contribution < -0.4 is 10.1 Å². The van der Waals surface area contributed by atoms with Crippen molar-refractivity contribution in [3.05, 3.63) is 24.3 Å². The van der Waals surface area contributed by atoms with Crippen molar-refractivity contribution in [3.63, 3.8) is 0 Å². The third-order valence-electron chi connectivity index (χ3n) is 1.96. The first-order valence-electron chi connectivity index (χ1n) is 5.19. The molecule has 0 saturated carbocycles. The van der Waals surface area contributed by atoms with Crippen molar-refractivity contribution >= 4 is 17.6 Å². The summed E-state index contributed by atoms with van der Waals surface area (Å²) in [5, 5.41) is 2.64. The Labute approximate surface area is 99.7 Å². The Balaban J connectivity index is 2.48. The molecular weight excluding hydrogens is 222 g/mol. The molecule has 5 nitrogen and oxygen atoms in total. The first kappa shape index (κ1) is 13.0. The topological polar surface area (TPSA) is 64.6 Å². The summed E-state index contributed by atoms with van der Waals surface area (Å²) in [5.74, 6) is 0.139. The molecule has 17 heavy (non-hydrogen) atoms. The smallest absolute Gasteiger partial charge is 0.308 e. The molecular formula is C12H15NO4. The van der Waals surface area contributed by atoms with Crippen LogP contribution in [0.5, 0.6) is 5.75 Å². The molecule has 1 amide bonds. The zero-order chi connectivity index (χ0) is 12.7. The summed E-state index contributed by atoms with van der Waals surface area (Å²) in [6.07, 6.45) is 0.195. The average Bonchev–Trinajstić information content (AvgIpc) is 2.28. The quantitative estimate of drug-likeness (QED) is 0.790. The van der Waals surface area contributed by atoms with Crippen molar-refractivity contribution in [2.75, 3.05) is 19.0 Å². The molecule has 0 radical (unpaired) electrons. The normalized spacial score (nSPS) is 9.53.